The van der Waals surface area contributed by atoms with Gasteiger partial charge in [0.25, 0.3) is 0 Å². The molecular formula is C12H10N2O. The summed E-state index contributed by atoms with van der Waals surface area (Å²) >= 11 is 0. The zero-order chi connectivity index (χ0) is 10.4. The van der Waals surface area contributed by atoms with Crippen LogP contribution >= 0.6 is 0 Å². The summed E-state index contributed by atoms with van der Waals surface area (Å²) in [5.74, 6) is 1.10. The van der Waals surface area contributed by atoms with Gasteiger partial charge >= 0.3 is 0 Å². The van der Waals surface area contributed by atoms with E-state index in [1.54, 1.807) is 6.07 Å². The lowest BCUT2D eigenvalue weighted by molar-refractivity contribution is -0.116. The number of carbonyl (C=O) groups is 1. The van der Waals surface area contributed by atoms with Gasteiger partial charge < -0.3 is 5.32 Å². The second kappa shape index (κ2) is 2.83. The fraction of sp³-hybridized carbons (Fsp3) is 0.333. The molecule has 3 heteroatoms. The predicted octanol–water partition coefficient (Wildman–Crippen LogP) is 2.00. The van der Waals surface area contributed by atoms with Crippen LogP contribution in [0.1, 0.15) is 29.9 Å². The SMILES string of the molecule is N#Cc1ccc2c(c1)C1C[C@H]1CC(=O)N2. The molecule has 0 spiro atoms. The fourth-order valence-corrected chi connectivity index (χ4v) is 2.35. The molecule has 1 unspecified atom stereocenters. The Morgan fingerprint density at radius 3 is 3.13 bits per heavy atom. The van der Waals surface area contributed by atoms with Crippen molar-refractivity contribution in [1.29, 1.82) is 5.26 Å². The van der Waals surface area contributed by atoms with Gasteiger partial charge in [0.1, 0.15) is 0 Å². The number of nitrogens with one attached hydrogen (secondary N) is 1. The minimum Gasteiger partial charge on any atom is -0.326 e. The third-order valence-electron chi connectivity index (χ3n) is 3.22. The molecule has 3 nitrogen and oxygen atoms in total. The fourth-order valence-electron chi connectivity index (χ4n) is 2.35. The number of hydrogen-bond donors (Lipinski definition) is 1. The van der Waals surface area contributed by atoms with E-state index in [0.717, 1.165) is 17.7 Å². The Bertz CT molecular complexity index is 487. The average Bonchev–Trinajstić information content (AvgIpc) is 2.97. The van der Waals surface area contributed by atoms with Crippen LogP contribution < -0.4 is 5.32 Å². The molecule has 0 radical (unpaired) electrons. The van der Waals surface area contributed by atoms with Crippen molar-refractivity contribution in [3.63, 3.8) is 0 Å². The normalized spacial score (nSPS) is 26.7. The molecule has 1 fully saturated rings. The summed E-state index contributed by atoms with van der Waals surface area (Å²) in [6.07, 6.45) is 1.72. The largest absolute Gasteiger partial charge is 0.326 e. The Balaban J connectivity index is 2.10. The number of anilines is 1. The third-order valence-corrected chi connectivity index (χ3v) is 3.22. The van der Waals surface area contributed by atoms with Gasteiger partial charge in [-0.1, -0.05) is 0 Å². The number of nitrogens with zero attached hydrogens (tertiary/aromatic N) is 1. The van der Waals surface area contributed by atoms with Crippen molar-refractivity contribution in [3.8, 4) is 6.07 Å². The van der Waals surface area contributed by atoms with Crippen molar-refractivity contribution in [3.05, 3.63) is 29.3 Å². The van der Waals surface area contributed by atoms with Gasteiger partial charge in [-0.15, -0.1) is 0 Å². The van der Waals surface area contributed by atoms with Crippen LogP contribution in [0, 0.1) is 17.2 Å². The first-order valence-electron chi connectivity index (χ1n) is 5.12. The minimum absolute atomic E-state index is 0.103. The van der Waals surface area contributed by atoms with Crippen molar-refractivity contribution in [2.45, 2.75) is 18.8 Å². The summed E-state index contributed by atoms with van der Waals surface area (Å²) in [6.45, 7) is 0. The molecule has 0 saturated heterocycles. The second-order valence-electron chi connectivity index (χ2n) is 4.27. The van der Waals surface area contributed by atoms with Crippen LogP contribution in [0.3, 0.4) is 0 Å². The van der Waals surface area contributed by atoms with Crippen LogP contribution in [-0.2, 0) is 4.79 Å². The molecule has 1 aromatic rings. The lowest BCUT2D eigenvalue weighted by atomic mass is 10.0. The predicted molar refractivity (Wildman–Crippen MR) is 55.3 cm³/mol. The van der Waals surface area contributed by atoms with E-state index in [9.17, 15) is 4.79 Å². The van der Waals surface area contributed by atoms with E-state index in [-0.39, 0.29) is 5.91 Å². The third kappa shape index (κ3) is 1.30. The van der Waals surface area contributed by atoms with E-state index in [1.807, 2.05) is 12.1 Å². The van der Waals surface area contributed by atoms with Crippen LogP contribution in [0.2, 0.25) is 0 Å². The number of nitriles is 1. The standard InChI is InChI=1S/C12H10N2O/c13-6-7-1-2-11-10(3-7)9-4-8(9)5-12(15)14-11/h1-3,8-9H,4-5H2,(H,14,15)/t8-,9?/m0/s1. The van der Waals surface area contributed by atoms with E-state index in [0.29, 0.717) is 23.8 Å². The maximum absolute atomic E-state index is 11.5. The van der Waals surface area contributed by atoms with Crippen molar-refractivity contribution in [1.82, 2.24) is 0 Å². The number of rotatable bonds is 0. The highest BCUT2D eigenvalue weighted by molar-refractivity contribution is 5.93. The van der Waals surface area contributed by atoms with Crippen LogP contribution in [0.5, 0.6) is 0 Å². The summed E-state index contributed by atoms with van der Waals surface area (Å²) in [7, 11) is 0. The van der Waals surface area contributed by atoms with Crippen LogP contribution in [0.15, 0.2) is 18.2 Å². The zero-order valence-corrected chi connectivity index (χ0v) is 8.16. The molecule has 1 heterocycles. The van der Waals surface area contributed by atoms with Gasteiger partial charge in [-0.05, 0) is 42.0 Å². The van der Waals surface area contributed by atoms with Crippen molar-refractivity contribution in [2.24, 2.45) is 5.92 Å². The summed E-state index contributed by atoms with van der Waals surface area (Å²) in [5.41, 5.74) is 2.71. The van der Waals surface area contributed by atoms with Crippen LogP contribution in [0.25, 0.3) is 0 Å². The highest BCUT2D eigenvalue weighted by Gasteiger charge is 2.43. The monoisotopic (exact) mass is 198 g/mol. The average molecular weight is 198 g/mol. The van der Waals surface area contributed by atoms with Crippen LogP contribution in [-0.4, -0.2) is 5.91 Å². The molecule has 1 N–H and O–H groups in total. The molecule has 0 bridgehead atoms. The van der Waals surface area contributed by atoms with Gasteiger partial charge in [0.05, 0.1) is 11.6 Å². The van der Waals surface area contributed by atoms with E-state index >= 15 is 0 Å². The van der Waals surface area contributed by atoms with Gasteiger partial charge in [-0.2, -0.15) is 5.26 Å². The van der Waals surface area contributed by atoms with Gasteiger partial charge in [0.15, 0.2) is 0 Å². The molecule has 1 aromatic carbocycles. The highest BCUT2D eigenvalue weighted by Crippen LogP contribution is 2.53. The summed E-state index contributed by atoms with van der Waals surface area (Å²) in [5, 5.41) is 11.7. The molecule has 1 saturated carbocycles. The molecule has 1 aliphatic carbocycles. The first-order chi connectivity index (χ1) is 7.28. The topological polar surface area (TPSA) is 52.9 Å². The quantitative estimate of drug-likeness (QED) is 0.693. The zero-order valence-electron chi connectivity index (χ0n) is 8.16. The van der Waals surface area contributed by atoms with Crippen molar-refractivity contribution >= 4 is 11.6 Å². The molecule has 0 aromatic heterocycles. The second-order valence-corrected chi connectivity index (χ2v) is 4.27. The molecule has 74 valence electrons. The van der Waals surface area contributed by atoms with E-state index in [2.05, 4.69) is 11.4 Å². The molecule has 3 rings (SSSR count). The lowest BCUT2D eigenvalue weighted by Crippen LogP contribution is -2.10. The van der Waals surface area contributed by atoms with Gasteiger partial charge in [-0.3, -0.25) is 4.79 Å². The van der Waals surface area contributed by atoms with Crippen LogP contribution in [0.4, 0.5) is 5.69 Å². The lowest BCUT2D eigenvalue weighted by Gasteiger charge is -2.07. The number of carbonyl (C=O) groups excluding carboxylic acids is 1. The number of fused-ring (bicyclic) bond motifs is 3. The Labute approximate surface area is 87.7 Å². The molecule has 1 amide bonds. The Morgan fingerprint density at radius 2 is 2.33 bits per heavy atom. The molecule has 2 aliphatic rings. The first-order valence-corrected chi connectivity index (χ1v) is 5.12. The molecule has 2 atom stereocenters. The molecule has 1 aliphatic heterocycles. The number of hydrogen-bond acceptors (Lipinski definition) is 2. The van der Waals surface area contributed by atoms with E-state index < -0.39 is 0 Å². The minimum atomic E-state index is 0.103. The number of benzene rings is 1. The summed E-state index contributed by atoms with van der Waals surface area (Å²) in [4.78, 5) is 11.5. The smallest absolute Gasteiger partial charge is 0.224 e. The van der Waals surface area contributed by atoms with Gasteiger partial charge in [-0.25, -0.2) is 0 Å². The summed E-state index contributed by atoms with van der Waals surface area (Å²) in [6, 6.07) is 7.63. The molecule has 15 heavy (non-hydrogen) atoms. The maximum atomic E-state index is 11.5. The van der Waals surface area contributed by atoms with Gasteiger partial charge in [0.2, 0.25) is 5.91 Å². The Hall–Kier alpha value is -1.82. The van der Waals surface area contributed by atoms with Crippen molar-refractivity contribution in [2.75, 3.05) is 5.32 Å². The maximum Gasteiger partial charge on any atom is 0.224 e. The Morgan fingerprint density at radius 1 is 1.47 bits per heavy atom. The number of amides is 1. The highest BCUT2D eigenvalue weighted by atomic mass is 16.1. The first kappa shape index (κ1) is 8.49. The van der Waals surface area contributed by atoms with E-state index in [1.165, 1.54) is 0 Å². The molecular weight excluding hydrogens is 188 g/mol. The Kier molecular flexibility index (Phi) is 1.60. The van der Waals surface area contributed by atoms with E-state index in [4.69, 9.17) is 5.26 Å². The van der Waals surface area contributed by atoms with Crippen molar-refractivity contribution < 1.29 is 4.79 Å². The summed E-state index contributed by atoms with van der Waals surface area (Å²) < 4.78 is 0. The van der Waals surface area contributed by atoms with Gasteiger partial charge in [0, 0.05) is 12.1 Å².